The maximum absolute atomic E-state index is 14.5. The van der Waals surface area contributed by atoms with Crippen molar-refractivity contribution in [3.63, 3.8) is 0 Å². The lowest BCUT2D eigenvalue weighted by molar-refractivity contribution is -0.138. The van der Waals surface area contributed by atoms with E-state index in [4.69, 9.17) is 16.3 Å². The molecule has 0 radical (unpaired) electrons. The van der Waals surface area contributed by atoms with Crippen LogP contribution in [0.3, 0.4) is 0 Å². The summed E-state index contributed by atoms with van der Waals surface area (Å²) in [6.07, 6.45) is 0.613. The fourth-order valence-corrected chi connectivity index (χ4v) is 5.90. The molecule has 2 saturated heterocycles. The van der Waals surface area contributed by atoms with Crippen molar-refractivity contribution in [2.45, 2.75) is 38.6 Å². The van der Waals surface area contributed by atoms with Crippen LogP contribution in [0.4, 0.5) is 4.39 Å². The van der Waals surface area contributed by atoms with Gasteiger partial charge in [-0.15, -0.1) is 11.3 Å². The highest BCUT2D eigenvalue weighted by atomic mass is 35.5. The Bertz CT molecular complexity index is 1250. The first-order valence-electron chi connectivity index (χ1n) is 10.8. The Hall–Kier alpha value is -2.55. The molecule has 1 aromatic carbocycles. The number of imide groups is 1. The topological polar surface area (TPSA) is 62.7 Å². The fraction of sp³-hybridized carbons (Fsp3) is 0.375. The summed E-state index contributed by atoms with van der Waals surface area (Å²) in [5.74, 6) is 0.317. The van der Waals surface area contributed by atoms with Gasteiger partial charge in [0.25, 0.3) is 0 Å². The van der Waals surface area contributed by atoms with Crippen molar-refractivity contribution in [1.82, 2.24) is 14.8 Å². The van der Waals surface area contributed by atoms with Crippen molar-refractivity contribution in [2.75, 3.05) is 20.1 Å². The molecule has 2 aliphatic rings. The fourth-order valence-electron chi connectivity index (χ4n) is 4.49. The zero-order valence-electron chi connectivity index (χ0n) is 18.3. The van der Waals surface area contributed by atoms with E-state index in [1.807, 2.05) is 43.1 Å². The maximum atomic E-state index is 14.5. The van der Waals surface area contributed by atoms with Gasteiger partial charge in [0.05, 0.1) is 16.8 Å². The maximum Gasteiger partial charge on any atom is 0.230 e. The third-order valence-electron chi connectivity index (χ3n) is 6.11. The van der Waals surface area contributed by atoms with Gasteiger partial charge in [-0.25, -0.2) is 4.39 Å². The minimum Gasteiger partial charge on any atom is -0.485 e. The summed E-state index contributed by atoms with van der Waals surface area (Å²) in [4.78, 5) is 32.7. The summed E-state index contributed by atoms with van der Waals surface area (Å²) in [6.45, 7) is 3.00. The van der Waals surface area contributed by atoms with Crippen molar-refractivity contribution in [1.29, 1.82) is 0 Å². The third-order valence-corrected chi connectivity index (χ3v) is 7.47. The van der Waals surface area contributed by atoms with Gasteiger partial charge in [0.1, 0.15) is 11.9 Å². The van der Waals surface area contributed by atoms with E-state index in [0.29, 0.717) is 23.9 Å². The highest BCUT2D eigenvalue weighted by Gasteiger charge is 2.34. The number of ether oxygens (including phenoxy) is 1. The number of hydrogen-bond donors (Lipinski definition) is 0. The first kappa shape index (κ1) is 22.3. The van der Waals surface area contributed by atoms with E-state index in [1.54, 1.807) is 6.20 Å². The van der Waals surface area contributed by atoms with E-state index in [2.05, 4.69) is 4.98 Å². The first-order valence-corrected chi connectivity index (χ1v) is 12.0. The Balaban J connectivity index is 1.55. The molecule has 9 heteroatoms. The predicted octanol–water partition coefficient (Wildman–Crippen LogP) is 4.61. The number of carbonyl (C=O) groups excluding carboxylic acids is 2. The Morgan fingerprint density at radius 2 is 1.94 bits per heavy atom. The van der Waals surface area contributed by atoms with Crippen molar-refractivity contribution < 1.29 is 18.7 Å². The number of rotatable bonds is 5. The zero-order valence-corrected chi connectivity index (χ0v) is 19.9. The van der Waals surface area contributed by atoms with E-state index < -0.39 is 12.3 Å². The minimum atomic E-state index is -1.07. The Morgan fingerprint density at radius 3 is 2.64 bits per heavy atom. The van der Waals surface area contributed by atoms with E-state index >= 15 is 0 Å². The highest BCUT2D eigenvalue weighted by molar-refractivity contribution is 7.19. The number of thiophene rings is 1. The average Bonchev–Trinajstić information content (AvgIpc) is 3.42. The highest BCUT2D eigenvalue weighted by Crippen LogP contribution is 2.42. The molecule has 3 aromatic rings. The predicted molar refractivity (Wildman–Crippen MR) is 126 cm³/mol. The van der Waals surface area contributed by atoms with Crippen molar-refractivity contribution >= 4 is 45.0 Å². The zero-order chi connectivity index (χ0) is 23.3. The Morgan fingerprint density at radius 1 is 1.18 bits per heavy atom. The minimum absolute atomic E-state index is 0.144. The summed E-state index contributed by atoms with van der Waals surface area (Å²) in [5.41, 5.74) is 3.24. The van der Waals surface area contributed by atoms with Gasteiger partial charge in [0.15, 0.2) is 6.17 Å². The molecule has 2 fully saturated rings. The van der Waals surface area contributed by atoms with Gasteiger partial charge in [-0.3, -0.25) is 24.4 Å². The molecular weight excluding hydrogens is 465 g/mol. The molecule has 0 spiro atoms. The summed E-state index contributed by atoms with van der Waals surface area (Å²) < 4.78 is 21.7. The molecule has 2 aliphatic heterocycles. The smallest absolute Gasteiger partial charge is 0.230 e. The van der Waals surface area contributed by atoms with Gasteiger partial charge >= 0.3 is 0 Å². The second-order valence-electron chi connectivity index (χ2n) is 8.65. The van der Waals surface area contributed by atoms with Crippen molar-refractivity contribution in [3.05, 3.63) is 45.9 Å². The van der Waals surface area contributed by atoms with E-state index in [9.17, 15) is 14.0 Å². The first-order chi connectivity index (χ1) is 15.8. The number of carbonyl (C=O) groups is 2. The number of alkyl halides is 1. The Labute approximate surface area is 199 Å². The summed E-state index contributed by atoms with van der Waals surface area (Å²) in [5, 5.41) is 0.560. The summed E-state index contributed by atoms with van der Waals surface area (Å²) in [6, 6.07) is 7.44. The van der Waals surface area contributed by atoms with Crippen LogP contribution in [0.25, 0.3) is 21.3 Å². The number of nitrogens with zero attached hydrogens (tertiary/aromatic N) is 3. The van der Waals surface area contributed by atoms with Gasteiger partial charge in [0, 0.05) is 53.2 Å². The number of aryl methyl sites for hydroxylation is 1. The van der Waals surface area contributed by atoms with Gasteiger partial charge in [-0.2, -0.15) is 0 Å². The molecule has 4 heterocycles. The molecule has 6 nitrogen and oxygen atoms in total. The van der Waals surface area contributed by atoms with Crippen LogP contribution in [-0.4, -0.2) is 59.0 Å². The van der Waals surface area contributed by atoms with Gasteiger partial charge < -0.3 is 4.74 Å². The van der Waals surface area contributed by atoms with Crippen LogP contribution in [0, 0.1) is 6.92 Å². The van der Waals surface area contributed by atoms with Crippen LogP contribution >= 0.6 is 22.9 Å². The van der Waals surface area contributed by atoms with E-state index in [-0.39, 0.29) is 31.2 Å². The molecule has 0 aliphatic carbocycles. The SMILES string of the molecule is Cc1cc(Cl)cc(-c2ccnc3cc(CN4C(=O)CCC4=O)sc23)c1O[C@@H]1CN(C)C[C@@H]1F. The second-order valence-corrected chi connectivity index (χ2v) is 10.2. The van der Waals surface area contributed by atoms with E-state index in [1.165, 1.54) is 16.2 Å². The van der Waals surface area contributed by atoms with Crippen LogP contribution in [-0.2, 0) is 16.1 Å². The number of fused-ring (bicyclic) bond motifs is 1. The van der Waals surface area contributed by atoms with Crippen LogP contribution in [0.2, 0.25) is 5.02 Å². The van der Waals surface area contributed by atoms with Crippen LogP contribution in [0.1, 0.15) is 23.3 Å². The largest absolute Gasteiger partial charge is 0.485 e. The number of aromatic nitrogens is 1. The number of amides is 2. The lowest BCUT2D eigenvalue weighted by atomic mass is 10.0. The number of halogens is 2. The molecule has 5 rings (SSSR count). The molecule has 172 valence electrons. The molecule has 2 atom stereocenters. The third kappa shape index (κ3) is 4.23. The lowest BCUT2D eigenvalue weighted by Gasteiger charge is -2.21. The molecule has 2 aromatic heterocycles. The van der Waals surface area contributed by atoms with Crippen LogP contribution in [0.5, 0.6) is 5.75 Å². The summed E-state index contributed by atoms with van der Waals surface area (Å²) >= 11 is 7.89. The molecular formula is C24H23ClFN3O3S. The number of likely N-dealkylation sites (tertiary alicyclic amines) is 2. The molecule has 0 bridgehead atoms. The number of pyridine rings is 1. The summed E-state index contributed by atoms with van der Waals surface area (Å²) in [7, 11) is 1.88. The van der Waals surface area contributed by atoms with Gasteiger partial charge in [-0.05, 0) is 43.8 Å². The van der Waals surface area contributed by atoms with Crippen LogP contribution in [0.15, 0.2) is 30.5 Å². The molecule has 0 saturated carbocycles. The van der Waals surface area contributed by atoms with Gasteiger partial charge in [0.2, 0.25) is 11.8 Å². The number of hydrogen-bond acceptors (Lipinski definition) is 6. The second kappa shape index (κ2) is 8.66. The molecule has 0 N–H and O–H groups in total. The quantitative estimate of drug-likeness (QED) is 0.492. The molecule has 2 amide bonds. The normalized spacial score (nSPS) is 21.5. The average molecular weight is 488 g/mol. The van der Waals surface area contributed by atoms with Crippen molar-refractivity contribution in [2.24, 2.45) is 0 Å². The number of likely N-dealkylation sites (N-methyl/N-ethyl adjacent to an activating group) is 1. The van der Waals surface area contributed by atoms with Crippen molar-refractivity contribution in [3.8, 4) is 16.9 Å². The molecule has 33 heavy (non-hydrogen) atoms. The number of benzene rings is 1. The lowest BCUT2D eigenvalue weighted by Crippen LogP contribution is -2.27. The van der Waals surface area contributed by atoms with E-state index in [0.717, 1.165) is 31.8 Å². The Kier molecular flexibility index (Phi) is 5.84. The van der Waals surface area contributed by atoms with Gasteiger partial charge in [-0.1, -0.05) is 11.6 Å². The van der Waals surface area contributed by atoms with Crippen LogP contribution < -0.4 is 4.74 Å². The molecule has 0 unspecified atom stereocenters. The monoisotopic (exact) mass is 487 g/mol. The standard InChI is InChI=1S/C24H23ClFN3O3S/c1-13-7-14(25)8-17(23(13)32-20-12-28(2)11-18(20)26)16-5-6-27-19-9-15(33-24(16)19)10-29-21(30)3-4-22(29)31/h5-9,18,20H,3-4,10-12H2,1-2H3/t18-,20+/m0/s1.